The van der Waals surface area contributed by atoms with Crippen LogP contribution in [0.5, 0.6) is 0 Å². The molecule has 0 saturated heterocycles. The third-order valence-electron chi connectivity index (χ3n) is 1.58. The fourth-order valence-electron chi connectivity index (χ4n) is 0.694. The first-order valence-electron chi connectivity index (χ1n) is 3.55. The van der Waals surface area contributed by atoms with Gasteiger partial charge in [0, 0.05) is 0 Å². The molecule has 0 bridgehead atoms. The Bertz CT molecular complexity index is 175. The average Bonchev–Trinajstić information content (AvgIpc) is 2.12. The van der Waals surface area contributed by atoms with Crippen molar-refractivity contribution in [2.75, 3.05) is 6.61 Å². The van der Waals surface area contributed by atoms with Crippen molar-refractivity contribution in [3.05, 3.63) is 0 Å². The van der Waals surface area contributed by atoms with Crippen LogP contribution in [0.1, 0.15) is 0 Å². The molecular weight excluding hydrogens is 182 g/mol. The van der Waals surface area contributed by atoms with Crippen molar-refractivity contribution < 1.29 is 30.3 Å². The summed E-state index contributed by atoms with van der Waals surface area (Å²) >= 11 is 0. The standard InChI is InChI=1S/C6H13NO6/c7-3(6(12)13)5(11)4(10)2(9)1-8/h2-5,8-11H,1,7H2,(H,12,13)/t2-,3+,4-,5?/m1/s1. The highest BCUT2D eigenvalue weighted by molar-refractivity contribution is 5.74. The number of aliphatic hydroxyl groups excluding tert-OH is 4. The molecule has 0 fully saturated rings. The highest BCUT2D eigenvalue weighted by atomic mass is 16.4. The molecule has 0 rings (SSSR count). The molecule has 0 spiro atoms. The van der Waals surface area contributed by atoms with E-state index in [1.165, 1.54) is 0 Å². The van der Waals surface area contributed by atoms with Crippen LogP contribution in [0.15, 0.2) is 0 Å². The van der Waals surface area contributed by atoms with Gasteiger partial charge in [-0.05, 0) is 0 Å². The van der Waals surface area contributed by atoms with Gasteiger partial charge in [0.15, 0.2) is 0 Å². The van der Waals surface area contributed by atoms with Gasteiger partial charge in [-0.1, -0.05) is 0 Å². The van der Waals surface area contributed by atoms with Crippen molar-refractivity contribution in [1.29, 1.82) is 0 Å². The molecule has 0 aliphatic rings. The predicted octanol–water partition coefficient (Wildman–Crippen LogP) is -3.53. The smallest absolute Gasteiger partial charge is 0.323 e. The summed E-state index contributed by atoms with van der Waals surface area (Å²) < 4.78 is 0. The van der Waals surface area contributed by atoms with Crippen LogP contribution in [0.3, 0.4) is 0 Å². The maximum atomic E-state index is 10.2. The lowest BCUT2D eigenvalue weighted by Crippen LogP contribution is -2.52. The summed E-state index contributed by atoms with van der Waals surface area (Å²) in [6, 6.07) is -1.70. The van der Waals surface area contributed by atoms with Crippen LogP contribution in [-0.4, -0.2) is 62.5 Å². The number of carboxylic acid groups (broad SMARTS) is 1. The van der Waals surface area contributed by atoms with Gasteiger partial charge in [-0.25, -0.2) is 0 Å². The molecule has 1 unspecified atom stereocenters. The van der Waals surface area contributed by atoms with Gasteiger partial charge in [-0.2, -0.15) is 0 Å². The zero-order valence-electron chi connectivity index (χ0n) is 6.74. The van der Waals surface area contributed by atoms with Crippen LogP contribution in [0.4, 0.5) is 0 Å². The molecule has 0 aromatic rings. The molecule has 7 heteroatoms. The SMILES string of the molecule is N[C@H](C(=O)O)C(O)[C@H](O)[C@H](O)CO. The molecule has 0 aliphatic carbocycles. The highest BCUT2D eigenvalue weighted by Gasteiger charge is 2.32. The van der Waals surface area contributed by atoms with E-state index in [-0.39, 0.29) is 0 Å². The van der Waals surface area contributed by atoms with Crippen molar-refractivity contribution in [3.63, 3.8) is 0 Å². The Balaban J connectivity index is 4.24. The summed E-state index contributed by atoms with van der Waals surface area (Å²) in [5, 5.41) is 43.5. The minimum absolute atomic E-state index is 0.787. The average molecular weight is 195 g/mol. The van der Waals surface area contributed by atoms with E-state index in [0.29, 0.717) is 0 Å². The molecule has 0 radical (unpaired) electrons. The number of rotatable bonds is 5. The van der Waals surface area contributed by atoms with Crippen LogP contribution in [0, 0.1) is 0 Å². The number of aliphatic carboxylic acids is 1. The van der Waals surface area contributed by atoms with E-state index in [1.54, 1.807) is 0 Å². The molecule has 78 valence electrons. The number of carbonyl (C=O) groups is 1. The Hall–Kier alpha value is -0.730. The Morgan fingerprint density at radius 3 is 2.00 bits per heavy atom. The lowest BCUT2D eigenvalue weighted by Gasteiger charge is -2.23. The van der Waals surface area contributed by atoms with Crippen molar-refractivity contribution in [2.45, 2.75) is 24.4 Å². The molecule has 7 N–H and O–H groups in total. The Labute approximate surface area is 74.0 Å². The first-order valence-corrected chi connectivity index (χ1v) is 3.55. The quantitative estimate of drug-likeness (QED) is 0.266. The van der Waals surface area contributed by atoms with Crippen LogP contribution in [0.2, 0.25) is 0 Å². The monoisotopic (exact) mass is 195 g/mol. The Morgan fingerprint density at radius 2 is 1.69 bits per heavy atom. The first-order chi connectivity index (χ1) is 5.91. The lowest BCUT2D eigenvalue weighted by atomic mass is 10.0. The normalized spacial score (nSPS) is 20.4. The van der Waals surface area contributed by atoms with E-state index in [2.05, 4.69) is 0 Å². The Kier molecular flexibility index (Phi) is 4.81. The van der Waals surface area contributed by atoms with Gasteiger partial charge in [-0.15, -0.1) is 0 Å². The van der Waals surface area contributed by atoms with E-state index >= 15 is 0 Å². The van der Waals surface area contributed by atoms with Crippen molar-refractivity contribution >= 4 is 5.97 Å². The Morgan fingerprint density at radius 1 is 1.23 bits per heavy atom. The summed E-state index contributed by atoms with van der Waals surface area (Å²) in [4.78, 5) is 10.2. The predicted molar refractivity (Wildman–Crippen MR) is 40.7 cm³/mol. The van der Waals surface area contributed by atoms with Crippen LogP contribution < -0.4 is 5.73 Å². The van der Waals surface area contributed by atoms with Crippen molar-refractivity contribution in [3.8, 4) is 0 Å². The van der Waals surface area contributed by atoms with Crippen molar-refractivity contribution in [2.24, 2.45) is 5.73 Å². The van der Waals surface area contributed by atoms with Gasteiger partial charge < -0.3 is 31.3 Å². The number of hydrogen-bond donors (Lipinski definition) is 6. The van der Waals surface area contributed by atoms with E-state index in [4.69, 9.17) is 31.3 Å². The van der Waals surface area contributed by atoms with Gasteiger partial charge >= 0.3 is 5.97 Å². The second kappa shape index (κ2) is 5.10. The number of carboxylic acids is 1. The van der Waals surface area contributed by atoms with Crippen molar-refractivity contribution in [1.82, 2.24) is 0 Å². The maximum absolute atomic E-state index is 10.2. The minimum Gasteiger partial charge on any atom is -0.480 e. The van der Waals surface area contributed by atoms with E-state index < -0.39 is 36.9 Å². The molecule has 0 aromatic carbocycles. The number of nitrogens with two attached hydrogens (primary N) is 1. The maximum Gasteiger partial charge on any atom is 0.323 e. The van der Waals surface area contributed by atoms with Gasteiger partial charge in [0.2, 0.25) is 0 Å². The van der Waals surface area contributed by atoms with Crippen LogP contribution in [0.25, 0.3) is 0 Å². The van der Waals surface area contributed by atoms with Gasteiger partial charge in [0.25, 0.3) is 0 Å². The largest absolute Gasteiger partial charge is 0.480 e. The number of aliphatic hydroxyl groups is 4. The molecule has 0 aromatic heterocycles. The molecule has 0 amide bonds. The molecule has 0 heterocycles. The van der Waals surface area contributed by atoms with Crippen LogP contribution in [-0.2, 0) is 4.79 Å². The molecular formula is C6H13NO6. The second-order valence-corrected chi connectivity index (χ2v) is 2.60. The summed E-state index contributed by atoms with van der Waals surface area (Å²) in [7, 11) is 0. The minimum atomic E-state index is -1.82. The zero-order valence-corrected chi connectivity index (χ0v) is 6.74. The van der Waals surface area contributed by atoms with Gasteiger partial charge in [-0.3, -0.25) is 4.79 Å². The third kappa shape index (κ3) is 3.25. The summed E-state index contributed by atoms with van der Waals surface area (Å²) in [6.45, 7) is -0.787. The number of hydrogen-bond acceptors (Lipinski definition) is 6. The van der Waals surface area contributed by atoms with E-state index in [1.807, 2.05) is 0 Å². The fourth-order valence-corrected chi connectivity index (χ4v) is 0.694. The third-order valence-corrected chi connectivity index (χ3v) is 1.58. The molecule has 7 nitrogen and oxygen atoms in total. The second-order valence-electron chi connectivity index (χ2n) is 2.60. The molecule has 4 atom stereocenters. The fraction of sp³-hybridized carbons (Fsp3) is 0.833. The summed E-state index contributed by atoms with van der Waals surface area (Å²) in [6.07, 6.45) is -5.21. The van der Waals surface area contributed by atoms with Crippen LogP contribution >= 0.6 is 0 Å². The van der Waals surface area contributed by atoms with E-state index in [9.17, 15) is 4.79 Å². The molecule has 13 heavy (non-hydrogen) atoms. The molecule has 0 saturated carbocycles. The first kappa shape index (κ1) is 12.3. The summed E-state index contributed by atoms with van der Waals surface area (Å²) in [5.74, 6) is -1.50. The van der Waals surface area contributed by atoms with E-state index in [0.717, 1.165) is 0 Å². The molecule has 0 aliphatic heterocycles. The topological polar surface area (TPSA) is 144 Å². The zero-order chi connectivity index (χ0) is 10.6. The van der Waals surface area contributed by atoms with Gasteiger partial charge in [0.05, 0.1) is 6.61 Å². The summed E-state index contributed by atoms with van der Waals surface area (Å²) in [5.41, 5.74) is 4.95. The lowest BCUT2D eigenvalue weighted by molar-refractivity contribution is -0.146. The highest BCUT2D eigenvalue weighted by Crippen LogP contribution is 2.03. The van der Waals surface area contributed by atoms with Gasteiger partial charge in [0.1, 0.15) is 24.4 Å².